The molecule has 0 fully saturated rings. The fourth-order valence-corrected chi connectivity index (χ4v) is 1.36. The van der Waals surface area contributed by atoms with E-state index in [0.29, 0.717) is 0 Å². The van der Waals surface area contributed by atoms with Crippen LogP contribution in [0.2, 0.25) is 0 Å². The summed E-state index contributed by atoms with van der Waals surface area (Å²) in [4.78, 5) is 12.8. The molecule has 1 atom stereocenters. The predicted octanol–water partition coefficient (Wildman–Crippen LogP) is 1.85. The van der Waals surface area contributed by atoms with Gasteiger partial charge >= 0.3 is 0 Å². The van der Waals surface area contributed by atoms with E-state index in [4.69, 9.17) is 4.74 Å². The van der Waals surface area contributed by atoms with Gasteiger partial charge in [0.25, 0.3) is 0 Å². The maximum absolute atomic E-state index is 10.9. The van der Waals surface area contributed by atoms with Gasteiger partial charge in [0.2, 0.25) is 0 Å². The number of carbonyl (C=O) groups excluding carboxylic acids is 1. The largest absolute Gasteiger partial charge is 0.351 e. The molecule has 0 amide bonds. The standard InChI is InChI=1S/C12H17NO2/c1-10(14)9-15-12(13(2)3)11-7-5-4-6-8-11/h4-8,12H,9H2,1-3H3. The zero-order valence-corrected chi connectivity index (χ0v) is 9.43. The molecule has 0 spiro atoms. The lowest BCUT2D eigenvalue weighted by Crippen LogP contribution is -2.24. The van der Waals surface area contributed by atoms with Gasteiger partial charge in [0.15, 0.2) is 5.78 Å². The summed E-state index contributed by atoms with van der Waals surface area (Å²) < 4.78 is 5.53. The maximum atomic E-state index is 10.9. The number of nitrogens with zero attached hydrogens (tertiary/aromatic N) is 1. The van der Waals surface area contributed by atoms with Gasteiger partial charge in [-0.2, -0.15) is 0 Å². The van der Waals surface area contributed by atoms with Crippen molar-refractivity contribution in [3.8, 4) is 0 Å². The summed E-state index contributed by atoms with van der Waals surface area (Å²) in [6.07, 6.45) is -0.157. The van der Waals surface area contributed by atoms with Crippen molar-refractivity contribution in [1.82, 2.24) is 4.90 Å². The third-order valence-electron chi connectivity index (χ3n) is 2.00. The summed E-state index contributed by atoms with van der Waals surface area (Å²) in [5, 5.41) is 0. The lowest BCUT2D eigenvalue weighted by atomic mass is 10.2. The van der Waals surface area contributed by atoms with E-state index < -0.39 is 0 Å². The van der Waals surface area contributed by atoms with Gasteiger partial charge in [0.1, 0.15) is 12.8 Å². The molecular weight excluding hydrogens is 190 g/mol. The van der Waals surface area contributed by atoms with E-state index in [0.717, 1.165) is 5.56 Å². The van der Waals surface area contributed by atoms with Gasteiger partial charge in [-0.05, 0) is 26.6 Å². The van der Waals surface area contributed by atoms with Crippen LogP contribution in [0.1, 0.15) is 18.7 Å². The highest BCUT2D eigenvalue weighted by atomic mass is 16.5. The zero-order chi connectivity index (χ0) is 11.3. The van der Waals surface area contributed by atoms with Gasteiger partial charge < -0.3 is 4.74 Å². The van der Waals surface area contributed by atoms with Crippen molar-refractivity contribution in [3.63, 3.8) is 0 Å². The summed E-state index contributed by atoms with van der Waals surface area (Å²) in [6, 6.07) is 9.86. The first-order valence-electron chi connectivity index (χ1n) is 4.93. The smallest absolute Gasteiger partial charge is 0.155 e. The molecule has 0 aliphatic carbocycles. The minimum absolute atomic E-state index is 0.0396. The van der Waals surface area contributed by atoms with Crippen molar-refractivity contribution in [3.05, 3.63) is 35.9 Å². The number of ketones is 1. The summed E-state index contributed by atoms with van der Waals surface area (Å²) in [5.41, 5.74) is 1.06. The van der Waals surface area contributed by atoms with E-state index in [1.807, 2.05) is 49.3 Å². The monoisotopic (exact) mass is 207 g/mol. The van der Waals surface area contributed by atoms with E-state index >= 15 is 0 Å². The average molecular weight is 207 g/mol. The quantitative estimate of drug-likeness (QED) is 0.690. The Morgan fingerprint density at radius 3 is 2.40 bits per heavy atom. The first-order chi connectivity index (χ1) is 7.11. The van der Waals surface area contributed by atoms with E-state index in [1.54, 1.807) is 0 Å². The summed E-state index contributed by atoms with van der Waals surface area (Å²) >= 11 is 0. The molecule has 0 aliphatic heterocycles. The van der Waals surface area contributed by atoms with Crippen molar-refractivity contribution < 1.29 is 9.53 Å². The topological polar surface area (TPSA) is 29.5 Å². The van der Waals surface area contributed by atoms with Crippen LogP contribution >= 0.6 is 0 Å². The van der Waals surface area contributed by atoms with Crippen molar-refractivity contribution in [2.24, 2.45) is 0 Å². The summed E-state index contributed by atoms with van der Waals surface area (Å²) in [7, 11) is 3.86. The van der Waals surface area contributed by atoms with Crippen molar-refractivity contribution in [2.45, 2.75) is 13.2 Å². The van der Waals surface area contributed by atoms with Crippen LogP contribution in [0.4, 0.5) is 0 Å². The van der Waals surface area contributed by atoms with Crippen LogP contribution in [0.5, 0.6) is 0 Å². The predicted molar refractivity (Wildman–Crippen MR) is 59.5 cm³/mol. The van der Waals surface area contributed by atoms with Gasteiger partial charge in [-0.3, -0.25) is 9.69 Å². The number of Topliss-reactive ketones (excluding diaryl/α,β-unsaturated/α-hetero) is 1. The van der Waals surface area contributed by atoms with Crippen molar-refractivity contribution in [1.29, 1.82) is 0 Å². The fraction of sp³-hybridized carbons (Fsp3) is 0.417. The van der Waals surface area contributed by atoms with Crippen LogP contribution in [-0.2, 0) is 9.53 Å². The van der Waals surface area contributed by atoms with Gasteiger partial charge in [0, 0.05) is 0 Å². The third-order valence-corrected chi connectivity index (χ3v) is 2.00. The normalized spacial score (nSPS) is 12.8. The minimum Gasteiger partial charge on any atom is -0.351 e. The van der Waals surface area contributed by atoms with E-state index in [1.165, 1.54) is 6.92 Å². The van der Waals surface area contributed by atoms with Crippen molar-refractivity contribution in [2.75, 3.05) is 20.7 Å². The maximum Gasteiger partial charge on any atom is 0.155 e. The summed E-state index contributed by atoms with van der Waals surface area (Å²) in [5.74, 6) is 0.0396. The molecule has 1 aromatic rings. The minimum atomic E-state index is -0.157. The molecule has 3 heteroatoms. The third kappa shape index (κ3) is 3.81. The number of carbonyl (C=O) groups is 1. The van der Waals surface area contributed by atoms with Gasteiger partial charge in [-0.1, -0.05) is 30.3 Å². The fourth-order valence-electron chi connectivity index (χ4n) is 1.36. The lowest BCUT2D eigenvalue weighted by molar-refractivity contribution is -0.127. The Balaban J connectivity index is 2.70. The summed E-state index contributed by atoms with van der Waals surface area (Å²) in [6.45, 7) is 1.68. The number of rotatable bonds is 5. The Kier molecular flexibility index (Phi) is 4.46. The van der Waals surface area contributed by atoms with Crippen LogP contribution < -0.4 is 0 Å². The van der Waals surface area contributed by atoms with Gasteiger partial charge in [0.05, 0.1) is 0 Å². The molecule has 0 bridgehead atoms. The lowest BCUT2D eigenvalue weighted by Gasteiger charge is -2.24. The average Bonchev–Trinajstić information content (AvgIpc) is 2.18. The molecule has 0 N–H and O–H groups in total. The molecule has 0 heterocycles. The Morgan fingerprint density at radius 2 is 1.93 bits per heavy atom. The molecule has 3 nitrogen and oxygen atoms in total. The number of hydrogen-bond acceptors (Lipinski definition) is 3. The van der Waals surface area contributed by atoms with Crippen LogP contribution in [-0.4, -0.2) is 31.4 Å². The second-order valence-electron chi connectivity index (χ2n) is 3.74. The van der Waals surface area contributed by atoms with Crippen LogP contribution in [0.25, 0.3) is 0 Å². The van der Waals surface area contributed by atoms with Crippen LogP contribution in [0.15, 0.2) is 30.3 Å². The Hall–Kier alpha value is -1.19. The molecule has 0 saturated heterocycles. The number of hydrogen-bond donors (Lipinski definition) is 0. The Labute approximate surface area is 90.7 Å². The first kappa shape index (κ1) is 11.9. The molecule has 0 aromatic heterocycles. The molecule has 1 aromatic carbocycles. The molecule has 15 heavy (non-hydrogen) atoms. The van der Waals surface area contributed by atoms with E-state index in [2.05, 4.69) is 0 Å². The SMILES string of the molecule is CC(=O)COC(c1ccccc1)N(C)C. The second kappa shape index (κ2) is 5.63. The van der Waals surface area contributed by atoms with E-state index in [9.17, 15) is 4.79 Å². The number of ether oxygens (including phenoxy) is 1. The van der Waals surface area contributed by atoms with E-state index in [-0.39, 0.29) is 18.6 Å². The molecule has 0 aliphatic rings. The van der Waals surface area contributed by atoms with Gasteiger partial charge in [-0.25, -0.2) is 0 Å². The molecule has 1 unspecified atom stereocenters. The van der Waals surface area contributed by atoms with Crippen LogP contribution in [0.3, 0.4) is 0 Å². The number of benzene rings is 1. The molecular formula is C12H17NO2. The Morgan fingerprint density at radius 1 is 1.33 bits per heavy atom. The molecule has 0 saturated carbocycles. The van der Waals surface area contributed by atoms with Crippen molar-refractivity contribution >= 4 is 5.78 Å². The highest BCUT2D eigenvalue weighted by molar-refractivity contribution is 5.76. The zero-order valence-electron chi connectivity index (χ0n) is 9.43. The molecule has 82 valence electrons. The highest BCUT2D eigenvalue weighted by Crippen LogP contribution is 2.18. The molecule has 0 radical (unpaired) electrons. The highest BCUT2D eigenvalue weighted by Gasteiger charge is 2.14. The second-order valence-corrected chi connectivity index (χ2v) is 3.74. The first-order valence-corrected chi connectivity index (χ1v) is 4.93. The van der Waals surface area contributed by atoms with Crippen LogP contribution in [0, 0.1) is 0 Å². The molecule has 1 rings (SSSR count). The Bertz CT molecular complexity index is 309. The van der Waals surface area contributed by atoms with Gasteiger partial charge in [-0.15, -0.1) is 0 Å².